The predicted molar refractivity (Wildman–Crippen MR) is 99.5 cm³/mol. The summed E-state index contributed by atoms with van der Waals surface area (Å²) in [5.74, 6) is -1.04. The molecule has 0 aliphatic heterocycles. The van der Waals surface area contributed by atoms with Crippen LogP contribution >= 0.6 is 0 Å². The standard InChI is InChI=1S/C18H17N5O5/c1-11(28-14-8-7-12-5-3-4-6-13(12)9-14)17(24)19-20-18(25)16-15(23(26)27)10-22(2)21-16/h3-11H,1-2H3,(H,19,24)(H,20,25)/t11-/m1/s1. The number of amides is 2. The van der Waals surface area contributed by atoms with E-state index in [-0.39, 0.29) is 0 Å². The number of hydrogen-bond acceptors (Lipinski definition) is 6. The number of hydrazine groups is 1. The summed E-state index contributed by atoms with van der Waals surface area (Å²) in [5, 5.41) is 16.7. The zero-order valence-corrected chi connectivity index (χ0v) is 15.1. The lowest BCUT2D eigenvalue weighted by molar-refractivity contribution is -0.385. The molecule has 3 aromatic rings. The van der Waals surface area contributed by atoms with Gasteiger partial charge in [0, 0.05) is 7.05 Å². The zero-order chi connectivity index (χ0) is 20.3. The van der Waals surface area contributed by atoms with Crippen LogP contribution in [0.4, 0.5) is 5.69 Å². The molecule has 1 heterocycles. The van der Waals surface area contributed by atoms with Gasteiger partial charge >= 0.3 is 5.69 Å². The van der Waals surface area contributed by atoms with E-state index in [1.165, 1.54) is 14.0 Å². The van der Waals surface area contributed by atoms with Crippen molar-refractivity contribution in [3.8, 4) is 5.75 Å². The molecular weight excluding hydrogens is 366 g/mol. The Labute approximate surface area is 159 Å². The lowest BCUT2D eigenvalue weighted by atomic mass is 10.1. The van der Waals surface area contributed by atoms with Crippen LogP contribution < -0.4 is 15.6 Å². The van der Waals surface area contributed by atoms with Crippen molar-refractivity contribution in [2.75, 3.05) is 0 Å². The van der Waals surface area contributed by atoms with E-state index in [2.05, 4.69) is 16.0 Å². The van der Waals surface area contributed by atoms with Crippen molar-refractivity contribution in [3.63, 3.8) is 0 Å². The van der Waals surface area contributed by atoms with E-state index >= 15 is 0 Å². The fourth-order valence-electron chi connectivity index (χ4n) is 2.55. The Morgan fingerprint density at radius 1 is 1.18 bits per heavy atom. The van der Waals surface area contributed by atoms with Crippen molar-refractivity contribution in [1.82, 2.24) is 20.6 Å². The van der Waals surface area contributed by atoms with Gasteiger partial charge in [-0.2, -0.15) is 5.10 Å². The minimum absolute atomic E-state index is 0.407. The van der Waals surface area contributed by atoms with Crippen molar-refractivity contribution in [2.24, 2.45) is 7.05 Å². The third-order valence-corrected chi connectivity index (χ3v) is 3.92. The highest BCUT2D eigenvalue weighted by atomic mass is 16.6. The molecule has 10 nitrogen and oxygen atoms in total. The van der Waals surface area contributed by atoms with E-state index in [1.807, 2.05) is 30.3 Å². The lowest BCUT2D eigenvalue weighted by Gasteiger charge is -2.15. The minimum atomic E-state index is -0.916. The maximum Gasteiger partial charge on any atom is 0.320 e. The summed E-state index contributed by atoms with van der Waals surface area (Å²) in [6, 6.07) is 13.1. The smallest absolute Gasteiger partial charge is 0.320 e. The number of rotatable bonds is 5. The number of fused-ring (bicyclic) bond motifs is 1. The SMILES string of the molecule is C[C@@H](Oc1ccc2ccccc2c1)C(=O)NNC(=O)c1nn(C)cc1[N+](=O)[O-]. The van der Waals surface area contributed by atoms with Gasteiger partial charge in [0.1, 0.15) is 11.9 Å². The number of aromatic nitrogens is 2. The van der Waals surface area contributed by atoms with E-state index in [0.717, 1.165) is 21.7 Å². The van der Waals surface area contributed by atoms with Crippen LogP contribution in [0.25, 0.3) is 10.8 Å². The van der Waals surface area contributed by atoms with E-state index in [1.54, 1.807) is 12.1 Å². The van der Waals surface area contributed by atoms with Crippen LogP contribution in [-0.4, -0.2) is 32.6 Å². The second kappa shape index (κ2) is 7.74. The first-order chi connectivity index (χ1) is 13.3. The van der Waals surface area contributed by atoms with Crippen LogP contribution in [0.2, 0.25) is 0 Å². The number of ether oxygens (including phenoxy) is 1. The summed E-state index contributed by atoms with van der Waals surface area (Å²) in [7, 11) is 1.45. The fraction of sp³-hybridized carbons (Fsp3) is 0.167. The van der Waals surface area contributed by atoms with Gasteiger partial charge in [0.05, 0.1) is 4.92 Å². The number of nitro groups is 1. The van der Waals surface area contributed by atoms with E-state index in [9.17, 15) is 19.7 Å². The first-order valence-corrected chi connectivity index (χ1v) is 8.29. The van der Waals surface area contributed by atoms with Crippen molar-refractivity contribution in [3.05, 3.63) is 64.5 Å². The Hall–Kier alpha value is -3.95. The molecule has 28 heavy (non-hydrogen) atoms. The first kappa shape index (κ1) is 18.8. The molecule has 0 radical (unpaired) electrons. The van der Waals surface area contributed by atoms with Crippen LogP contribution in [0, 0.1) is 10.1 Å². The third kappa shape index (κ3) is 4.06. The Kier molecular flexibility index (Phi) is 5.21. The van der Waals surface area contributed by atoms with Gasteiger partial charge in [-0.1, -0.05) is 30.3 Å². The average molecular weight is 383 g/mol. The number of nitrogens with zero attached hydrogens (tertiary/aromatic N) is 3. The maximum absolute atomic E-state index is 12.2. The number of benzene rings is 2. The number of carbonyl (C=O) groups is 2. The molecule has 0 bridgehead atoms. The van der Waals surface area contributed by atoms with E-state index in [0.29, 0.717) is 5.75 Å². The molecule has 2 aromatic carbocycles. The zero-order valence-electron chi connectivity index (χ0n) is 15.1. The number of carbonyl (C=O) groups excluding carboxylic acids is 2. The van der Waals surface area contributed by atoms with Crippen molar-refractivity contribution in [1.29, 1.82) is 0 Å². The Morgan fingerprint density at radius 3 is 2.61 bits per heavy atom. The Balaban J connectivity index is 1.61. The summed E-state index contributed by atoms with van der Waals surface area (Å²) < 4.78 is 6.74. The Bertz CT molecular complexity index is 1060. The lowest BCUT2D eigenvalue weighted by Crippen LogP contribution is -2.47. The van der Waals surface area contributed by atoms with Crippen molar-refractivity contribution in [2.45, 2.75) is 13.0 Å². The van der Waals surface area contributed by atoms with Crippen LogP contribution in [-0.2, 0) is 11.8 Å². The van der Waals surface area contributed by atoms with Crippen molar-refractivity contribution < 1.29 is 19.2 Å². The molecule has 0 aliphatic carbocycles. The fourth-order valence-corrected chi connectivity index (χ4v) is 2.55. The number of hydrogen-bond donors (Lipinski definition) is 2. The summed E-state index contributed by atoms with van der Waals surface area (Å²) in [6.45, 7) is 1.51. The molecule has 0 fully saturated rings. The molecule has 2 N–H and O–H groups in total. The van der Waals surface area contributed by atoms with Gasteiger partial charge in [-0.05, 0) is 29.8 Å². The van der Waals surface area contributed by atoms with Gasteiger partial charge in [0.25, 0.3) is 11.8 Å². The highest BCUT2D eigenvalue weighted by Gasteiger charge is 2.25. The van der Waals surface area contributed by atoms with E-state index < -0.39 is 34.2 Å². The second-order valence-corrected chi connectivity index (χ2v) is 6.01. The van der Waals surface area contributed by atoms with Gasteiger partial charge in [-0.3, -0.25) is 35.2 Å². The average Bonchev–Trinajstić information content (AvgIpc) is 3.08. The minimum Gasteiger partial charge on any atom is -0.481 e. The topological polar surface area (TPSA) is 128 Å². The monoisotopic (exact) mass is 383 g/mol. The molecule has 0 saturated heterocycles. The summed E-state index contributed by atoms with van der Waals surface area (Å²) >= 11 is 0. The van der Waals surface area contributed by atoms with Gasteiger partial charge < -0.3 is 4.74 Å². The molecule has 0 spiro atoms. The Morgan fingerprint density at radius 2 is 1.89 bits per heavy atom. The van der Waals surface area contributed by atoms with Gasteiger partial charge in [0.15, 0.2) is 6.10 Å². The highest BCUT2D eigenvalue weighted by Crippen LogP contribution is 2.21. The largest absolute Gasteiger partial charge is 0.481 e. The molecule has 1 aromatic heterocycles. The molecule has 0 saturated carbocycles. The van der Waals surface area contributed by atoms with Crippen LogP contribution in [0.1, 0.15) is 17.4 Å². The number of nitrogens with one attached hydrogen (secondary N) is 2. The second-order valence-electron chi connectivity index (χ2n) is 6.01. The molecule has 1 atom stereocenters. The maximum atomic E-state index is 12.2. The summed E-state index contributed by atoms with van der Waals surface area (Å²) in [4.78, 5) is 34.4. The highest BCUT2D eigenvalue weighted by molar-refractivity contribution is 5.97. The quantitative estimate of drug-likeness (QED) is 0.510. The van der Waals surface area contributed by atoms with Crippen molar-refractivity contribution >= 4 is 28.3 Å². The molecule has 0 unspecified atom stereocenters. The molecular formula is C18H17N5O5. The molecule has 144 valence electrons. The van der Waals surface area contributed by atoms with Crippen LogP contribution in [0.3, 0.4) is 0 Å². The molecule has 2 amide bonds. The van der Waals surface area contributed by atoms with Gasteiger partial charge in [-0.25, -0.2) is 0 Å². The van der Waals surface area contributed by atoms with Crippen LogP contribution in [0.5, 0.6) is 5.75 Å². The van der Waals surface area contributed by atoms with Gasteiger partial charge in [0.2, 0.25) is 5.69 Å². The molecule has 10 heteroatoms. The van der Waals surface area contributed by atoms with Crippen LogP contribution in [0.15, 0.2) is 48.7 Å². The van der Waals surface area contributed by atoms with E-state index in [4.69, 9.17) is 4.74 Å². The van der Waals surface area contributed by atoms with Gasteiger partial charge in [-0.15, -0.1) is 0 Å². The number of aryl methyl sites for hydroxylation is 1. The summed E-state index contributed by atoms with van der Waals surface area (Å²) in [5.41, 5.74) is 3.41. The molecule has 0 aliphatic rings. The normalized spacial score (nSPS) is 11.6. The predicted octanol–water partition coefficient (Wildman–Crippen LogP) is 1.71. The molecule has 3 rings (SSSR count). The third-order valence-electron chi connectivity index (χ3n) is 3.92. The first-order valence-electron chi connectivity index (χ1n) is 8.29. The summed E-state index contributed by atoms with van der Waals surface area (Å²) in [6.07, 6.45) is 0.183.